The normalized spacial score (nSPS) is 27.8. The lowest BCUT2D eigenvalue weighted by Gasteiger charge is -2.30. The molecule has 0 aromatic rings. The maximum Gasteiger partial charge on any atom is 0.223 e. The average Bonchev–Trinajstić information content (AvgIpc) is 2.32. The molecule has 0 heterocycles. The molecule has 0 saturated heterocycles. The van der Waals surface area contributed by atoms with E-state index in [1.165, 1.54) is 0 Å². The summed E-state index contributed by atoms with van der Waals surface area (Å²) >= 11 is 0. The lowest BCUT2D eigenvalue weighted by atomic mass is 9.79. The molecular formula is C15H31N3O. The van der Waals surface area contributed by atoms with Crippen molar-refractivity contribution in [3.8, 4) is 0 Å². The van der Waals surface area contributed by atoms with Crippen LogP contribution in [-0.4, -0.2) is 43.0 Å². The minimum atomic E-state index is 0.126. The van der Waals surface area contributed by atoms with Crippen molar-refractivity contribution >= 4 is 5.91 Å². The summed E-state index contributed by atoms with van der Waals surface area (Å²) in [5.74, 6) is 0.905. The average molecular weight is 269 g/mol. The molecule has 3 unspecified atom stereocenters. The molecule has 4 heteroatoms. The highest BCUT2D eigenvalue weighted by molar-refractivity contribution is 5.78. The Morgan fingerprint density at radius 3 is 2.63 bits per heavy atom. The SMILES string of the molecule is CC1CC(N)CC(C(=O)NCCCN(C)C(C)C)C1. The number of carbonyl (C=O) groups is 1. The van der Waals surface area contributed by atoms with Gasteiger partial charge in [0.25, 0.3) is 0 Å². The van der Waals surface area contributed by atoms with E-state index in [0.29, 0.717) is 12.0 Å². The van der Waals surface area contributed by atoms with Gasteiger partial charge in [-0.05, 0) is 59.0 Å². The molecule has 3 atom stereocenters. The van der Waals surface area contributed by atoms with E-state index in [0.717, 1.165) is 38.8 Å². The first-order valence-corrected chi connectivity index (χ1v) is 7.63. The first-order chi connectivity index (χ1) is 8.90. The van der Waals surface area contributed by atoms with E-state index in [2.05, 4.69) is 38.0 Å². The number of amides is 1. The predicted octanol–water partition coefficient (Wildman–Crippen LogP) is 1.60. The highest BCUT2D eigenvalue weighted by Gasteiger charge is 2.28. The van der Waals surface area contributed by atoms with E-state index in [-0.39, 0.29) is 17.9 Å². The summed E-state index contributed by atoms with van der Waals surface area (Å²) in [6.45, 7) is 8.36. The van der Waals surface area contributed by atoms with Crippen molar-refractivity contribution in [2.75, 3.05) is 20.1 Å². The third-order valence-electron chi connectivity index (χ3n) is 4.22. The molecule has 1 fully saturated rings. The van der Waals surface area contributed by atoms with E-state index < -0.39 is 0 Å². The van der Waals surface area contributed by atoms with Gasteiger partial charge >= 0.3 is 0 Å². The standard InChI is InChI=1S/C15H31N3O/c1-11(2)18(4)7-5-6-17-15(19)13-8-12(3)9-14(16)10-13/h11-14H,5-10,16H2,1-4H3,(H,17,19). The Morgan fingerprint density at radius 1 is 1.37 bits per heavy atom. The zero-order valence-electron chi connectivity index (χ0n) is 13.0. The van der Waals surface area contributed by atoms with Crippen molar-refractivity contribution < 1.29 is 4.79 Å². The lowest BCUT2D eigenvalue weighted by molar-refractivity contribution is -0.126. The summed E-state index contributed by atoms with van der Waals surface area (Å²) in [6.07, 6.45) is 3.91. The van der Waals surface area contributed by atoms with Crippen molar-refractivity contribution in [3.63, 3.8) is 0 Å². The number of nitrogens with two attached hydrogens (primary N) is 1. The molecule has 1 aliphatic carbocycles. The van der Waals surface area contributed by atoms with Crippen LogP contribution in [0.2, 0.25) is 0 Å². The quantitative estimate of drug-likeness (QED) is 0.720. The zero-order valence-corrected chi connectivity index (χ0v) is 13.0. The molecule has 0 aromatic heterocycles. The van der Waals surface area contributed by atoms with Crippen molar-refractivity contribution in [3.05, 3.63) is 0 Å². The van der Waals surface area contributed by atoms with Gasteiger partial charge in [-0.1, -0.05) is 6.92 Å². The van der Waals surface area contributed by atoms with Crippen LogP contribution in [0, 0.1) is 11.8 Å². The maximum absolute atomic E-state index is 12.1. The molecule has 3 N–H and O–H groups in total. The molecule has 1 amide bonds. The summed E-state index contributed by atoms with van der Waals surface area (Å²) in [5, 5.41) is 3.07. The van der Waals surface area contributed by atoms with Crippen molar-refractivity contribution in [2.45, 2.75) is 58.5 Å². The molecule has 0 radical (unpaired) electrons. The van der Waals surface area contributed by atoms with E-state index in [4.69, 9.17) is 5.73 Å². The third kappa shape index (κ3) is 5.91. The summed E-state index contributed by atoms with van der Waals surface area (Å²) in [4.78, 5) is 14.4. The van der Waals surface area contributed by atoms with Crippen LogP contribution >= 0.6 is 0 Å². The van der Waals surface area contributed by atoms with Crippen LogP contribution in [0.5, 0.6) is 0 Å². The molecule has 19 heavy (non-hydrogen) atoms. The maximum atomic E-state index is 12.1. The zero-order chi connectivity index (χ0) is 14.4. The Kier molecular flexibility index (Phi) is 6.80. The summed E-state index contributed by atoms with van der Waals surface area (Å²) in [5.41, 5.74) is 5.99. The summed E-state index contributed by atoms with van der Waals surface area (Å²) < 4.78 is 0. The number of hydrogen-bond acceptors (Lipinski definition) is 3. The predicted molar refractivity (Wildman–Crippen MR) is 79.9 cm³/mol. The number of carbonyl (C=O) groups excluding carboxylic acids is 1. The molecule has 112 valence electrons. The monoisotopic (exact) mass is 269 g/mol. The molecule has 4 nitrogen and oxygen atoms in total. The second kappa shape index (κ2) is 7.85. The van der Waals surface area contributed by atoms with Crippen LogP contribution in [0.25, 0.3) is 0 Å². The molecule has 0 spiro atoms. The highest BCUT2D eigenvalue weighted by atomic mass is 16.1. The van der Waals surface area contributed by atoms with E-state index in [9.17, 15) is 4.79 Å². The van der Waals surface area contributed by atoms with Gasteiger partial charge in [0.2, 0.25) is 5.91 Å². The molecule has 1 saturated carbocycles. The fourth-order valence-corrected chi connectivity index (χ4v) is 2.81. The van der Waals surface area contributed by atoms with E-state index in [1.807, 2.05) is 0 Å². The van der Waals surface area contributed by atoms with Gasteiger partial charge in [-0.3, -0.25) is 4.79 Å². The fourth-order valence-electron chi connectivity index (χ4n) is 2.81. The Balaban J connectivity index is 2.20. The smallest absolute Gasteiger partial charge is 0.223 e. The number of nitrogens with zero attached hydrogens (tertiary/aromatic N) is 1. The van der Waals surface area contributed by atoms with Crippen LogP contribution in [0.4, 0.5) is 0 Å². The Hall–Kier alpha value is -0.610. The minimum Gasteiger partial charge on any atom is -0.356 e. The Bertz CT molecular complexity index is 271. The first-order valence-electron chi connectivity index (χ1n) is 7.63. The van der Waals surface area contributed by atoms with Gasteiger partial charge in [0.1, 0.15) is 0 Å². The van der Waals surface area contributed by atoms with Crippen molar-refractivity contribution in [1.29, 1.82) is 0 Å². The lowest BCUT2D eigenvalue weighted by Crippen LogP contribution is -2.40. The topological polar surface area (TPSA) is 58.4 Å². The molecule has 1 rings (SSSR count). The molecule has 0 aromatic carbocycles. The largest absolute Gasteiger partial charge is 0.356 e. The van der Waals surface area contributed by atoms with Gasteiger partial charge in [0, 0.05) is 24.5 Å². The summed E-state index contributed by atoms with van der Waals surface area (Å²) in [6, 6.07) is 0.763. The molecule has 0 bridgehead atoms. The van der Waals surface area contributed by atoms with Gasteiger partial charge in [-0.25, -0.2) is 0 Å². The van der Waals surface area contributed by atoms with Crippen LogP contribution in [-0.2, 0) is 4.79 Å². The van der Waals surface area contributed by atoms with Crippen molar-refractivity contribution in [2.24, 2.45) is 17.6 Å². The van der Waals surface area contributed by atoms with Crippen LogP contribution < -0.4 is 11.1 Å². The number of rotatable bonds is 6. The van der Waals surface area contributed by atoms with Gasteiger partial charge in [-0.2, -0.15) is 0 Å². The van der Waals surface area contributed by atoms with Crippen molar-refractivity contribution in [1.82, 2.24) is 10.2 Å². The Morgan fingerprint density at radius 2 is 2.05 bits per heavy atom. The second-order valence-electron chi connectivity index (χ2n) is 6.49. The number of hydrogen-bond donors (Lipinski definition) is 2. The van der Waals surface area contributed by atoms with Gasteiger partial charge in [0.05, 0.1) is 0 Å². The van der Waals surface area contributed by atoms with Gasteiger partial charge < -0.3 is 16.0 Å². The Labute approximate surface area is 118 Å². The highest BCUT2D eigenvalue weighted by Crippen LogP contribution is 2.27. The van der Waals surface area contributed by atoms with Crippen LogP contribution in [0.3, 0.4) is 0 Å². The van der Waals surface area contributed by atoms with Gasteiger partial charge in [-0.15, -0.1) is 0 Å². The fraction of sp³-hybridized carbons (Fsp3) is 0.933. The van der Waals surface area contributed by atoms with Crippen LogP contribution in [0.15, 0.2) is 0 Å². The number of nitrogens with one attached hydrogen (secondary N) is 1. The summed E-state index contributed by atoms with van der Waals surface area (Å²) in [7, 11) is 2.12. The second-order valence-corrected chi connectivity index (χ2v) is 6.49. The van der Waals surface area contributed by atoms with Crippen LogP contribution in [0.1, 0.15) is 46.5 Å². The third-order valence-corrected chi connectivity index (χ3v) is 4.22. The molecular weight excluding hydrogens is 238 g/mol. The van der Waals surface area contributed by atoms with Gasteiger partial charge in [0.15, 0.2) is 0 Å². The van der Waals surface area contributed by atoms with E-state index in [1.54, 1.807) is 0 Å². The first kappa shape index (κ1) is 16.4. The minimum absolute atomic E-state index is 0.126. The van der Waals surface area contributed by atoms with E-state index >= 15 is 0 Å². The molecule has 0 aliphatic heterocycles. The molecule has 1 aliphatic rings.